The highest BCUT2D eigenvalue weighted by molar-refractivity contribution is 5.98. The minimum atomic E-state index is -0.553. The Bertz CT molecular complexity index is 1210. The van der Waals surface area contributed by atoms with E-state index in [1.807, 2.05) is 31.2 Å². The van der Waals surface area contributed by atoms with E-state index < -0.39 is 6.04 Å². The Kier molecular flexibility index (Phi) is 5.48. The molecule has 162 valence electrons. The van der Waals surface area contributed by atoms with E-state index in [2.05, 4.69) is 13.8 Å². The molecule has 1 amide bonds. The number of amides is 1. The average Bonchev–Trinajstić information content (AvgIpc) is 2.99. The third kappa shape index (κ3) is 3.67. The molecule has 1 aromatic heterocycles. The standard InChI is InChI=1S/C25H27NO5/c1-14(2)10-11-30-19-9-7-16(13-20(19)29-5)22-21-23(27)17-12-15(3)6-8-18(17)31-24(21)25(28)26(22)4/h6-9,12-14,22H,10-11H2,1-5H3. The van der Waals surface area contributed by atoms with E-state index in [4.69, 9.17) is 13.9 Å². The maximum absolute atomic E-state index is 13.4. The Morgan fingerprint density at radius 3 is 2.58 bits per heavy atom. The molecule has 2 heterocycles. The number of nitrogens with zero attached hydrogens (tertiary/aromatic N) is 1. The zero-order valence-corrected chi connectivity index (χ0v) is 18.5. The molecule has 1 atom stereocenters. The Balaban J connectivity index is 1.79. The van der Waals surface area contributed by atoms with Gasteiger partial charge in [0.2, 0.25) is 5.76 Å². The van der Waals surface area contributed by atoms with Gasteiger partial charge in [0.05, 0.1) is 30.7 Å². The van der Waals surface area contributed by atoms with Crippen LogP contribution in [0.2, 0.25) is 0 Å². The lowest BCUT2D eigenvalue weighted by Crippen LogP contribution is -2.25. The van der Waals surface area contributed by atoms with Gasteiger partial charge in [-0.2, -0.15) is 0 Å². The SMILES string of the molecule is COc1cc(C2c3c(oc4ccc(C)cc4c3=O)C(=O)N2C)ccc1OCCC(C)C. The first-order valence-corrected chi connectivity index (χ1v) is 10.5. The van der Waals surface area contributed by atoms with Crippen molar-refractivity contribution in [3.05, 3.63) is 69.1 Å². The van der Waals surface area contributed by atoms with Crippen LogP contribution in [0.25, 0.3) is 11.0 Å². The van der Waals surface area contributed by atoms with Crippen molar-refractivity contribution < 1.29 is 18.7 Å². The topological polar surface area (TPSA) is 69.0 Å². The third-order valence-corrected chi connectivity index (χ3v) is 5.71. The van der Waals surface area contributed by atoms with Gasteiger partial charge in [-0.25, -0.2) is 0 Å². The van der Waals surface area contributed by atoms with E-state index >= 15 is 0 Å². The van der Waals surface area contributed by atoms with Gasteiger partial charge in [-0.1, -0.05) is 31.5 Å². The molecular formula is C25H27NO5. The molecular weight excluding hydrogens is 394 g/mol. The molecule has 0 bridgehead atoms. The molecule has 2 aromatic carbocycles. The van der Waals surface area contributed by atoms with Gasteiger partial charge in [0.25, 0.3) is 5.91 Å². The molecule has 31 heavy (non-hydrogen) atoms. The van der Waals surface area contributed by atoms with Crippen molar-refractivity contribution in [3.8, 4) is 11.5 Å². The van der Waals surface area contributed by atoms with Gasteiger partial charge >= 0.3 is 0 Å². The summed E-state index contributed by atoms with van der Waals surface area (Å²) < 4.78 is 17.3. The Labute approximate surface area is 181 Å². The van der Waals surface area contributed by atoms with Crippen molar-refractivity contribution in [1.82, 2.24) is 4.90 Å². The second-order valence-electron chi connectivity index (χ2n) is 8.43. The highest BCUT2D eigenvalue weighted by Crippen LogP contribution is 2.40. The van der Waals surface area contributed by atoms with Gasteiger partial charge in [-0.15, -0.1) is 0 Å². The molecule has 1 aliphatic rings. The van der Waals surface area contributed by atoms with Crippen molar-refractivity contribution in [2.45, 2.75) is 33.2 Å². The van der Waals surface area contributed by atoms with Crippen molar-refractivity contribution >= 4 is 16.9 Å². The fourth-order valence-corrected chi connectivity index (χ4v) is 3.97. The highest BCUT2D eigenvalue weighted by atomic mass is 16.5. The van der Waals surface area contributed by atoms with Gasteiger partial charge in [-0.05, 0) is 49.1 Å². The fourth-order valence-electron chi connectivity index (χ4n) is 3.97. The normalized spacial score (nSPS) is 15.6. The fraction of sp³-hybridized carbons (Fsp3) is 0.360. The smallest absolute Gasteiger partial charge is 0.290 e. The number of rotatable bonds is 6. The lowest BCUT2D eigenvalue weighted by atomic mass is 9.98. The van der Waals surface area contributed by atoms with E-state index in [1.165, 1.54) is 4.90 Å². The maximum atomic E-state index is 13.4. The first-order valence-electron chi connectivity index (χ1n) is 10.5. The molecule has 6 heteroatoms. The van der Waals surface area contributed by atoms with Crippen LogP contribution < -0.4 is 14.9 Å². The summed E-state index contributed by atoms with van der Waals surface area (Å²) in [5.74, 6) is 1.54. The van der Waals surface area contributed by atoms with Crippen molar-refractivity contribution in [2.75, 3.05) is 20.8 Å². The zero-order valence-electron chi connectivity index (χ0n) is 18.5. The molecule has 3 aromatic rings. The summed E-state index contributed by atoms with van der Waals surface area (Å²) in [6, 6.07) is 10.4. The van der Waals surface area contributed by atoms with E-state index in [1.54, 1.807) is 26.3 Å². The van der Waals surface area contributed by atoms with Gasteiger partial charge in [-0.3, -0.25) is 9.59 Å². The summed E-state index contributed by atoms with van der Waals surface area (Å²) in [4.78, 5) is 27.8. The van der Waals surface area contributed by atoms with E-state index in [9.17, 15) is 9.59 Å². The second-order valence-corrected chi connectivity index (χ2v) is 8.43. The van der Waals surface area contributed by atoms with Gasteiger partial charge in [0.15, 0.2) is 16.9 Å². The van der Waals surface area contributed by atoms with Crippen molar-refractivity contribution in [2.24, 2.45) is 5.92 Å². The number of methoxy groups -OCH3 is 1. The van der Waals surface area contributed by atoms with Crippen molar-refractivity contribution in [3.63, 3.8) is 0 Å². The number of benzene rings is 2. The quantitative estimate of drug-likeness (QED) is 0.577. The lowest BCUT2D eigenvalue weighted by Gasteiger charge is -2.21. The summed E-state index contributed by atoms with van der Waals surface area (Å²) in [5.41, 5.74) is 2.32. The minimum absolute atomic E-state index is 0.102. The van der Waals surface area contributed by atoms with Crippen LogP contribution in [0, 0.1) is 12.8 Å². The highest BCUT2D eigenvalue weighted by Gasteiger charge is 2.41. The Morgan fingerprint density at radius 2 is 1.87 bits per heavy atom. The first kappa shape index (κ1) is 21.0. The molecule has 1 unspecified atom stereocenters. The summed E-state index contributed by atoms with van der Waals surface area (Å²) in [5, 5.41) is 0.479. The maximum Gasteiger partial charge on any atom is 0.290 e. The van der Waals surface area contributed by atoms with E-state index in [-0.39, 0.29) is 17.1 Å². The molecule has 4 rings (SSSR count). The molecule has 1 aliphatic heterocycles. The molecule has 6 nitrogen and oxygen atoms in total. The predicted octanol–water partition coefficient (Wildman–Crippen LogP) is 4.71. The predicted molar refractivity (Wildman–Crippen MR) is 119 cm³/mol. The van der Waals surface area contributed by atoms with Crippen molar-refractivity contribution in [1.29, 1.82) is 0 Å². The number of carbonyl (C=O) groups is 1. The number of carbonyl (C=O) groups excluding carboxylic acids is 1. The largest absolute Gasteiger partial charge is 0.493 e. The summed E-state index contributed by atoms with van der Waals surface area (Å²) >= 11 is 0. The number of hydrogen-bond donors (Lipinski definition) is 0. The summed E-state index contributed by atoms with van der Waals surface area (Å²) in [6.07, 6.45) is 0.936. The number of hydrogen-bond acceptors (Lipinski definition) is 5. The molecule has 0 N–H and O–H groups in total. The minimum Gasteiger partial charge on any atom is -0.493 e. The molecule has 0 spiro atoms. The van der Waals surface area contributed by atoms with Crippen LogP contribution in [-0.2, 0) is 0 Å². The van der Waals surface area contributed by atoms with Gasteiger partial charge < -0.3 is 18.8 Å². The number of ether oxygens (including phenoxy) is 2. The second kappa shape index (κ2) is 8.10. The van der Waals surface area contributed by atoms with Crippen LogP contribution in [0.5, 0.6) is 11.5 Å². The third-order valence-electron chi connectivity index (χ3n) is 5.71. The molecule has 0 aliphatic carbocycles. The van der Waals surface area contributed by atoms with E-state index in [0.29, 0.717) is 40.6 Å². The van der Waals surface area contributed by atoms with E-state index in [0.717, 1.165) is 17.5 Å². The summed E-state index contributed by atoms with van der Waals surface area (Å²) in [7, 11) is 3.26. The molecule has 0 fully saturated rings. The van der Waals surface area contributed by atoms with Crippen LogP contribution in [0.4, 0.5) is 0 Å². The van der Waals surface area contributed by atoms with Gasteiger partial charge in [0, 0.05) is 7.05 Å². The first-order chi connectivity index (χ1) is 14.8. The molecule has 0 radical (unpaired) electrons. The van der Waals surface area contributed by atoms with Gasteiger partial charge in [0.1, 0.15) is 5.58 Å². The molecule has 0 saturated carbocycles. The monoisotopic (exact) mass is 421 g/mol. The average molecular weight is 421 g/mol. The lowest BCUT2D eigenvalue weighted by molar-refractivity contribution is 0.0771. The van der Waals surface area contributed by atoms with Crippen LogP contribution in [0.15, 0.2) is 45.6 Å². The summed E-state index contributed by atoms with van der Waals surface area (Å²) in [6.45, 7) is 6.80. The van der Waals surface area contributed by atoms with Crippen LogP contribution in [0.1, 0.15) is 53.6 Å². The van der Waals surface area contributed by atoms with Crippen LogP contribution in [-0.4, -0.2) is 31.6 Å². The molecule has 0 saturated heterocycles. The van der Waals surface area contributed by atoms with Crippen LogP contribution >= 0.6 is 0 Å². The number of aryl methyl sites for hydroxylation is 1. The Hall–Kier alpha value is -3.28. The van der Waals surface area contributed by atoms with Crippen LogP contribution in [0.3, 0.4) is 0 Å². The Morgan fingerprint density at radius 1 is 1.10 bits per heavy atom. The number of fused-ring (bicyclic) bond motifs is 2. The zero-order chi connectivity index (χ0) is 22.3.